The highest BCUT2D eigenvalue weighted by Crippen LogP contribution is 2.57. The van der Waals surface area contributed by atoms with E-state index in [-0.39, 0.29) is 17.2 Å². The van der Waals surface area contributed by atoms with Crippen molar-refractivity contribution in [1.29, 1.82) is 0 Å². The Morgan fingerprint density at radius 1 is 1.53 bits per heavy atom. The van der Waals surface area contributed by atoms with Crippen LogP contribution >= 0.6 is 15.9 Å². The monoisotopic (exact) mass is 272 g/mol. The Morgan fingerprint density at radius 2 is 2.13 bits per heavy atom. The molecule has 0 amide bonds. The molecule has 0 radical (unpaired) electrons. The van der Waals surface area contributed by atoms with Gasteiger partial charge in [0.1, 0.15) is 5.82 Å². The molecule has 0 heterocycles. The molecule has 1 aliphatic carbocycles. The lowest BCUT2D eigenvalue weighted by Crippen LogP contribution is -2.06. The topological polar surface area (TPSA) is 20.2 Å². The van der Waals surface area contributed by atoms with Crippen molar-refractivity contribution >= 4 is 15.9 Å². The molecule has 0 aromatic heterocycles. The van der Waals surface area contributed by atoms with Crippen molar-refractivity contribution in [3.8, 4) is 0 Å². The summed E-state index contributed by atoms with van der Waals surface area (Å²) < 4.78 is 14.3. The van der Waals surface area contributed by atoms with E-state index >= 15 is 0 Å². The first-order valence-corrected chi connectivity index (χ1v) is 5.84. The van der Waals surface area contributed by atoms with Crippen molar-refractivity contribution in [2.45, 2.75) is 26.4 Å². The van der Waals surface area contributed by atoms with Gasteiger partial charge in [-0.25, -0.2) is 4.39 Å². The molecule has 1 aliphatic rings. The van der Waals surface area contributed by atoms with Crippen molar-refractivity contribution in [1.82, 2.24) is 0 Å². The van der Waals surface area contributed by atoms with Gasteiger partial charge in [0.25, 0.3) is 0 Å². The third kappa shape index (κ3) is 2.08. The first-order chi connectivity index (χ1) is 6.92. The molecule has 0 saturated heterocycles. The van der Waals surface area contributed by atoms with Crippen LogP contribution in [0.15, 0.2) is 22.7 Å². The van der Waals surface area contributed by atoms with Gasteiger partial charge >= 0.3 is 0 Å². The van der Waals surface area contributed by atoms with E-state index in [1.165, 1.54) is 6.07 Å². The molecule has 15 heavy (non-hydrogen) atoms. The van der Waals surface area contributed by atoms with Crippen LogP contribution in [-0.2, 0) is 0 Å². The maximum absolute atomic E-state index is 13.5. The lowest BCUT2D eigenvalue weighted by atomic mass is 9.99. The number of aliphatic hydroxyl groups excluding tert-OH is 1. The molecule has 1 nitrogen and oxygen atoms in total. The summed E-state index contributed by atoms with van der Waals surface area (Å²) in [6.45, 7) is 4.19. The number of aliphatic hydroxyl groups is 1. The van der Waals surface area contributed by atoms with Crippen LogP contribution in [0.25, 0.3) is 0 Å². The summed E-state index contributed by atoms with van der Waals surface area (Å²) in [5.74, 6) is -0.144. The molecule has 1 N–H and O–H groups in total. The molecule has 3 heteroatoms. The molecule has 1 saturated carbocycles. The van der Waals surface area contributed by atoms with Gasteiger partial charge in [0.15, 0.2) is 0 Å². The average Bonchev–Trinajstić information content (AvgIpc) is 2.78. The van der Waals surface area contributed by atoms with Crippen molar-refractivity contribution in [2.24, 2.45) is 11.3 Å². The second-order valence-electron chi connectivity index (χ2n) is 4.91. The van der Waals surface area contributed by atoms with Crippen LogP contribution in [0.5, 0.6) is 0 Å². The zero-order valence-corrected chi connectivity index (χ0v) is 10.4. The fourth-order valence-electron chi connectivity index (χ4n) is 2.00. The van der Waals surface area contributed by atoms with Crippen LogP contribution in [0.3, 0.4) is 0 Å². The van der Waals surface area contributed by atoms with E-state index in [2.05, 4.69) is 29.8 Å². The first kappa shape index (κ1) is 11.1. The van der Waals surface area contributed by atoms with Gasteiger partial charge in [0.2, 0.25) is 0 Å². The van der Waals surface area contributed by atoms with Gasteiger partial charge in [0, 0.05) is 10.0 Å². The summed E-state index contributed by atoms with van der Waals surface area (Å²) >= 11 is 3.28. The van der Waals surface area contributed by atoms with Gasteiger partial charge < -0.3 is 5.11 Å². The standard InChI is InChI=1S/C12H14BrFO/c1-12(2)6-9(12)11(15)8-5-7(13)3-4-10(8)14/h3-5,9,11,15H,6H2,1-2H3. The summed E-state index contributed by atoms with van der Waals surface area (Å²) in [7, 11) is 0. The van der Waals surface area contributed by atoms with E-state index in [4.69, 9.17) is 0 Å². The minimum Gasteiger partial charge on any atom is -0.388 e. The Bertz CT molecular complexity index is 389. The van der Waals surface area contributed by atoms with E-state index in [9.17, 15) is 9.50 Å². The second-order valence-corrected chi connectivity index (χ2v) is 5.83. The number of rotatable bonds is 2. The van der Waals surface area contributed by atoms with E-state index in [1.54, 1.807) is 12.1 Å². The van der Waals surface area contributed by atoms with Gasteiger partial charge in [-0.2, -0.15) is 0 Å². The Labute approximate surface area is 97.4 Å². The highest BCUT2D eigenvalue weighted by molar-refractivity contribution is 9.10. The first-order valence-electron chi connectivity index (χ1n) is 5.05. The third-order valence-electron chi connectivity index (χ3n) is 3.25. The smallest absolute Gasteiger partial charge is 0.129 e. The maximum Gasteiger partial charge on any atom is 0.129 e. The second kappa shape index (κ2) is 3.56. The molecular weight excluding hydrogens is 259 g/mol. The molecule has 1 fully saturated rings. The van der Waals surface area contributed by atoms with Gasteiger partial charge in [-0.05, 0) is 36.0 Å². The summed E-state index contributed by atoms with van der Waals surface area (Å²) in [6, 6.07) is 4.69. The summed E-state index contributed by atoms with van der Waals surface area (Å²) in [6.07, 6.45) is 0.276. The van der Waals surface area contributed by atoms with Crippen LogP contribution in [-0.4, -0.2) is 5.11 Å². The van der Waals surface area contributed by atoms with Gasteiger partial charge in [-0.3, -0.25) is 0 Å². The Kier molecular flexibility index (Phi) is 2.63. The number of benzene rings is 1. The fourth-order valence-corrected chi connectivity index (χ4v) is 2.38. The quantitative estimate of drug-likeness (QED) is 0.871. The molecule has 82 valence electrons. The van der Waals surface area contributed by atoms with E-state index in [1.807, 2.05) is 0 Å². The zero-order valence-electron chi connectivity index (χ0n) is 8.80. The lowest BCUT2D eigenvalue weighted by molar-refractivity contribution is 0.134. The normalized spacial score (nSPS) is 25.0. The predicted octanol–water partition coefficient (Wildman–Crippen LogP) is 3.67. The van der Waals surface area contributed by atoms with E-state index < -0.39 is 6.10 Å². The number of halogens is 2. The van der Waals surface area contributed by atoms with Gasteiger partial charge in [0.05, 0.1) is 6.10 Å². The summed E-state index contributed by atoms with van der Waals surface area (Å²) in [4.78, 5) is 0. The van der Waals surface area contributed by atoms with E-state index in [0.717, 1.165) is 10.9 Å². The average molecular weight is 273 g/mol. The lowest BCUT2D eigenvalue weighted by Gasteiger charge is -2.14. The molecule has 2 rings (SSSR count). The zero-order chi connectivity index (χ0) is 11.2. The molecular formula is C12H14BrFO. The van der Waals surface area contributed by atoms with Crippen LogP contribution in [0.1, 0.15) is 31.9 Å². The van der Waals surface area contributed by atoms with Crippen molar-refractivity contribution in [3.05, 3.63) is 34.1 Å². The highest BCUT2D eigenvalue weighted by atomic mass is 79.9. The molecule has 0 spiro atoms. The van der Waals surface area contributed by atoms with Crippen LogP contribution < -0.4 is 0 Å². The van der Waals surface area contributed by atoms with Crippen LogP contribution in [0.2, 0.25) is 0 Å². The maximum atomic E-state index is 13.5. The van der Waals surface area contributed by atoms with Gasteiger partial charge in [-0.15, -0.1) is 0 Å². The number of hydrogen-bond donors (Lipinski definition) is 1. The minimum absolute atomic E-state index is 0.147. The van der Waals surface area contributed by atoms with Gasteiger partial charge in [-0.1, -0.05) is 29.8 Å². The van der Waals surface area contributed by atoms with Crippen LogP contribution in [0, 0.1) is 17.2 Å². The molecule has 2 atom stereocenters. The number of hydrogen-bond acceptors (Lipinski definition) is 1. The largest absolute Gasteiger partial charge is 0.388 e. The van der Waals surface area contributed by atoms with Crippen LogP contribution in [0.4, 0.5) is 4.39 Å². The Hall–Kier alpha value is -0.410. The molecule has 0 bridgehead atoms. The summed E-state index contributed by atoms with van der Waals surface area (Å²) in [5.41, 5.74) is 0.550. The predicted molar refractivity (Wildman–Crippen MR) is 60.9 cm³/mol. The Balaban J connectivity index is 2.26. The Morgan fingerprint density at radius 3 is 2.67 bits per heavy atom. The molecule has 2 unspecified atom stereocenters. The minimum atomic E-state index is -0.683. The molecule has 1 aromatic rings. The highest BCUT2D eigenvalue weighted by Gasteiger charge is 2.50. The van der Waals surface area contributed by atoms with Crippen molar-refractivity contribution in [3.63, 3.8) is 0 Å². The summed E-state index contributed by atoms with van der Waals surface area (Å²) in [5, 5.41) is 10.0. The SMILES string of the molecule is CC1(C)CC1C(O)c1cc(Br)ccc1F. The molecule has 1 aromatic carbocycles. The van der Waals surface area contributed by atoms with Crippen molar-refractivity contribution in [2.75, 3.05) is 0 Å². The third-order valence-corrected chi connectivity index (χ3v) is 3.74. The molecule has 0 aliphatic heterocycles. The fraction of sp³-hybridized carbons (Fsp3) is 0.500. The van der Waals surface area contributed by atoms with Crippen molar-refractivity contribution < 1.29 is 9.50 Å². The van der Waals surface area contributed by atoms with E-state index in [0.29, 0.717) is 5.56 Å².